The van der Waals surface area contributed by atoms with Crippen molar-refractivity contribution >= 4 is 0 Å². The lowest BCUT2D eigenvalue weighted by Crippen LogP contribution is -2.35. The molecule has 0 heterocycles. The van der Waals surface area contributed by atoms with E-state index in [1.54, 1.807) is 0 Å². The van der Waals surface area contributed by atoms with Crippen molar-refractivity contribution in [2.24, 2.45) is 16.7 Å². The van der Waals surface area contributed by atoms with Crippen molar-refractivity contribution < 1.29 is 0 Å². The van der Waals surface area contributed by atoms with Gasteiger partial charge in [0.15, 0.2) is 0 Å². The number of hydrogen-bond donors (Lipinski definition) is 0. The normalized spacial score (nSPS) is 16.6. The molecular formula is C11H24. The molecule has 0 spiro atoms. The van der Waals surface area contributed by atoms with E-state index in [0.29, 0.717) is 10.8 Å². The second-order valence-electron chi connectivity index (χ2n) is 5.28. The fourth-order valence-electron chi connectivity index (χ4n) is 1.25. The van der Waals surface area contributed by atoms with E-state index in [4.69, 9.17) is 0 Å². The molecule has 0 radical (unpaired) electrons. The van der Waals surface area contributed by atoms with Crippen LogP contribution >= 0.6 is 0 Å². The van der Waals surface area contributed by atoms with Crippen molar-refractivity contribution in [3.63, 3.8) is 0 Å². The van der Waals surface area contributed by atoms with Crippen LogP contribution in [0.25, 0.3) is 0 Å². The van der Waals surface area contributed by atoms with Crippen molar-refractivity contribution in [1.29, 1.82) is 0 Å². The monoisotopic (exact) mass is 156 g/mol. The molecule has 0 fully saturated rings. The summed E-state index contributed by atoms with van der Waals surface area (Å²) in [6.07, 6.45) is 1.28. The lowest BCUT2D eigenvalue weighted by Gasteiger charge is -2.43. The van der Waals surface area contributed by atoms with E-state index in [2.05, 4.69) is 48.5 Å². The molecule has 68 valence electrons. The van der Waals surface area contributed by atoms with Gasteiger partial charge in [-0.05, 0) is 16.7 Å². The van der Waals surface area contributed by atoms with Crippen molar-refractivity contribution in [2.45, 2.75) is 54.9 Å². The molecule has 0 nitrogen and oxygen atoms in total. The van der Waals surface area contributed by atoms with Crippen LogP contribution in [0.1, 0.15) is 54.9 Å². The van der Waals surface area contributed by atoms with Crippen LogP contribution in [0, 0.1) is 16.7 Å². The molecule has 0 N–H and O–H groups in total. The minimum Gasteiger partial charge on any atom is -0.0651 e. The predicted molar refractivity (Wildman–Crippen MR) is 52.7 cm³/mol. The first kappa shape index (κ1) is 11.0. The topological polar surface area (TPSA) is 0 Å². The standard InChI is InChI=1S/C11H24/c1-8-9(2)11(6,7)10(3,4)5/h9H,8H2,1-7H3. The Balaban J connectivity index is 4.45. The highest BCUT2D eigenvalue weighted by Crippen LogP contribution is 2.44. The molecular weight excluding hydrogens is 132 g/mol. The molecule has 0 saturated carbocycles. The molecule has 1 unspecified atom stereocenters. The molecule has 0 aromatic carbocycles. The minimum atomic E-state index is 0.419. The van der Waals surface area contributed by atoms with Crippen molar-refractivity contribution in [2.75, 3.05) is 0 Å². The van der Waals surface area contributed by atoms with Crippen LogP contribution in [0.4, 0.5) is 0 Å². The molecule has 0 heteroatoms. The Bertz CT molecular complexity index is 114. The Hall–Kier alpha value is 0. The molecule has 0 aliphatic rings. The summed E-state index contributed by atoms with van der Waals surface area (Å²) in [4.78, 5) is 0. The van der Waals surface area contributed by atoms with Gasteiger partial charge in [0.1, 0.15) is 0 Å². The first-order chi connectivity index (χ1) is 4.73. The predicted octanol–water partition coefficient (Wildman–Crippen LogP) is 4.10. The average molecular weight is 156 g/mol. The summed E-state index contributed by atoms with van der Waals surface area (Å²) in [5.74, 6) is 0.808. The molecule has 0 aliphatic heterocycles. The fourth-order valence-corrected chi connectivity index (χ4v) is 1.25. The Morgan fingerprint density at radius 3 is 1.45 bits per heavy atom. The van der Waals surface area contributed by atoms with Gasteiger partial charge in [0.05, 0.1) is 0 Å². The number of rotatable bonds is 2. The van der Waals surface area contributed by atoms with Crippen LogP contribution < -0.4 is 0 Å². The van der Waals surface area contributed by atoms with Gasteiger partial charge in [0, 0.05) is 0 Å². The Kier molecular flexibility index (Phi) is 3.16. The van der Waals surface area contributed by atoms with Gasteiger partial charge in [-0.2, -0.15) is 0 Å². The Labute approximate surface area is 72.4 Å². The quantitative estimate of drug-likeness (QED) is 0.564. The summed E-state index contributed by atoms with van der Waals surface area (Å²) in [5.41, 5.74) is 0.865. The molecule has 0 rings (SSSR count). The van der Waals surface area contributed by atoms with Crippen LogP contribution in [-0.4, -0.2) is 0 Å². The van der Waals surface area contributed by atoms with E-state index < -0.39 is 0 Å². The van der Waals surface area contributed by atoms with Gasteiger partial charge >= 0.3 is 0 Å². The minimum absolute atomic E-state index is 0.419. The van der Waals surface area contributed by atoms with Crippen LogP contribution in [0.2, 0.25) is 0 Å². The summed E-state index contributed by atoms with van der Waals surface area (Å²) in [6, 6.07) is 0. The van der Waals surface area contributed by atoms with E-state index in [1.165, 1.54) is 6.42 Å². The van der Waals surface area contributed by atoms with Crippen LogP contribution in [0.15, 0.2) is 0 Å². The first-order valence-electron chi connectivity index (χ1n) is 4.73. The third-order valence-electron chi connectivity index (χ3n) is 3.78. The van der Waals surface area contributed by atoms with Crippen molar-refractivity contribution in [3.8, 4) is 0 Å². The molecule has 0 aromatic rings. The van der Waals surface area contributed by atoms with Gasteiger partial charge in [-0.25, -0.2) is 0 Å². The maximum atomic E-state index is 2.38. The molecule has 0 aromatic heterocycles. The fraction of sp³-hybridized carbons (Fsp3) is 1.00. The van der Waals surface area contributed by atoms with E-state index in [0.717, 1.165) is 5.92 Å². The highest BCUT2D eigenvalue weighted by molar-refractivity contribution is 4.85. The third kappa shape index (κ3) is 2.21. The summed E-state index contributed by atoms with van der Waals surface area (Å²) < 4.78 is 0. The van der Waals surface area contributed by atoms with Crippen LogP contribution in [0.3, 0.4) is 0 Å². The van der Waals surface area contributed by atoms with Gasteiger partial charge in [0.25, 0.3) is 0 Å². The smallest absolute Gasteiger partial charge is 0.0280 e. The maximum Gasteiger partial charge on any atom is -0.0280 e. The molecule has 1 atom stereocenters. The summed E-state index contributed by atoms with van der Waals surface area (Å²) in [6.45, 7) is 16.4. The average Bonchev–Trinajstić information content (AvgIpc) is 1.83. The largest absolute Gasteiger partial charge is 0.0651 e. The molecule has 0 saturated heterocycles. The molecule has 0 bridgehead atoms. The Morgan fingerprint density at radius 1 is 1.00 bits per heavy atom. The zero-order valence-corrected chi connectivity index (χ0v) is 9.28. The SMILES string of the molecule is CCC(C)C(C)(C)C(C)(C)C. The van der Waals surface area contributed by atoms with Gasteiger partial charge in [-0.1, -0.05) is 54.9 Å². The molecule has 0 aliphatic carbocycles. The lowest BCUT2D eigenvalue weighted by molar-refractivity contribution is 0.0619. The van der Waals surface area contributed by atoms with Crippen LogP contribution in [-0.2, 0) is 0 Å². The lowest BCUT2D eigenvalue weighted by atomic mass is 9.62. The first-order valence-corrected chi connectivity index (χ1v) is 4.73. The summed E-state index contributed by atoms with van der Waals surface area (Å²) in [5, 5.41) is 0. The van der Waals surface area contributed by atoms with E-state index in [9.17, 15) is 0 Å². The van der Waals surface area contributed by atoms with Crippen molar-refractivity contribution in [1.82, 2.24) is 0 Å². The summed E-state index contributed by atoms with van der Waals surface area (Å²) >= 11 is 0. The zero-order chi connectivity index (χ0) is 9.28. The van der Waals surface area contributed by atoms with Gasteiger partial charge in [-0.3, -0.25) is 0 Å². The highest BCUT2D eigenvalue weighted by atomic mass is 14.4. The third-order valence-corrected chi connectivity index (χ3v) is 3.78. The highest BCUT2D eigenvalue weighted by Gasteiger charge is 2.36. The van der Waals surface area contributed by atoms with Crippen molar-refractivity contribution in [3.05, 3.63) is 0 Å². The maximum absolute atomic E-state index is 2.38. The zero-order valence-electron chi connectivity index (χ0n) is 9.28. The second kappa shape index (κ2) is 3.16. The Morgan fingerprint density at radius 2 is 1.36 bits per heavy atom. The van der Waals surface area contributed by atoms with Gasteiger partial charge < -0.3 is 0 Å². The molecule has 0 amide bonds. The van der Waals surface area contributed by atoms with E-state index in [1.807, 2.05) is 0 Å². The second-order valence-corrected chi connectivity index (χ2v) is 5.28. The summed E-state index contributed by atoms with van der Waals surface area (Å²) in [7, 11) is 0. The van der Waals surface area contributed by atoms with Gasteiger partial charge in [0.2, 0.25) is 0 Å². The number of hydrogen-bond acceptors (Lipinski definition) is 0. The van der Waals surface area contributed by atoms with E-state index >= 15 is 0 Å². The van der Waals surface area contributed by atoms with Crippen LogP contribution in [0.5, 0.6) is 0 Å². The van der Waals surface area contributed by atoms with E-state index in [-0.39, 0.29) is 0 Å². The van der Waals surface area contributed by atoms with Gasteiger partial charge in [-0.15, -0.1) is 0 Å². The molecule has 11 heavy (non-hydrogen) atoms.